The van der Waals surface area contributed by atoms with E-state index in [0.29, 0.717) is 29.7 Å². The Bertz CT molecular complexity index is 1180. The molecule has 1 amide bonds. The van der Waals surface area contributed by atoms with E-state index in [2.05, 4.69) is 4.98 Å². The molecule has 0 N–H and O–H groups in total. The highest BCUT2D eigenvalue weighted by Gasteiger charge is 2.31. The van der Waals surface area contributed by atoms with Crippen molar-refractivity contribution in [2.75, 3.05) is 20.2 Å². The van der Waals surface area contributed by atoms with Gasteiger partial charge in [0.2, 0.25) is 9.84 Å². The van der Waals surface area contributed by atoms with E-state index < -0.39 is 9.84 Å². The summed E-state index contributed by atoms with van der Waals surface area (Å²) >= 11 is 0. The number of fused-ring (bicyclic) bond motifs is 1. The Kier molecular flexibility index (Phi) is 5.00. The van der Waals surface area contributed by atoms with Crippen LogP contribution in [0.1, 0.15) is 28.8 Å². The second-order valence-corrected chi connectivity index (χ2v) is 9.09. The minimum atomic E-state index is -3.96. The molecule has 1 aliphatic heterocycles. The monoisotopic (exact) mass is 410 g/mol. The van der Waals surface area contributed by atoms with E-state index in [-0.39, 0.29) is 21.3 Å². The second kappa shape index (κ2) is 7.48. The van der Waals surface area contributed by atoms with E-state index in [0.717, 1.165) is 18.4 Å². The maximum absolute atomic E-state index is 13.7. The van der Waals surface area contributed by atoms with Gasteiger partial charge in [-0.1, -0.05) is 11.6 Å². The number of pyridine rings is 1. The minimum Gasteiger partial charge on any atom is -0.497 e. The number of methoxy groups -OCH3 is 1. The standard InChI is InChI=1S/C22H22N2O4S/c1-15-5-10-20-18(13-15)21(19(14-23-20)22(25)24-11-3-4-12-24)29(26,27)17-8-6-16(28-2)7-9-17/h5-10,13-14H,3-4,11-12H2,1-2H3. The molecule has 150 valence electrons. The molecule has 1 saturated heterocycles. The van der Waals surface area contributed by atoms with Crippen molar-refractivity contribution in [1.82, 2.24) is 9.88 Å². The van der Waals surface area contributed by atoms with Crippen LogP contribution in [0.2, 0.25) is 0 Å². The first-order valence-corrected chi connectivity index (χ1v) is 11.0. The molecule has 0 aliphatic carbocycles. The van der Waals surface area contributed by atoms with Crippen molar-refractivity contribution in [3.8, 4) is 5.75 Å². The molecule has 4 rings (SSSR count). The molecule has 0 spiro atoms. The lowest BCUT2D eigenvalue weighted by atomic mass is 10.1. The van der Waals surface area contributed by atoms with Gasteiger partial charge in [0, 0.05) is 24.7 Å². The lowest BCUT2D eigenvalue weighted by molar-refractivity contribution is 0.0789. The largest absolute Gasteiger partial charge is 0.497 e. The molecule has 2 heterocycles. The SMILES string of the molecule is COc1ccc(S(=O)(=O)c2c(C(=O)N3CCCC3)cnc3ccc(C)cc23)cc1. The number of carbonyl (C=O) groups is 1. The molecule has 0 atom stereocenters. The van der Waals surface area contributed by atoms with Crippen LogP contribution in [-0.2, 0) is 9.84 Å². The van der Waals surface area contributed by atoms with Crippen molar-refractivity contribution in [2.45, 2.75) is 29.6 Å². The van der Waals surface area contributed by atoms with E-state index in [4.69, 9.17) is 4.74 Å². The normalized spacial score (nSPS) is 14.3. The molecule has 1 fully saturated rings. The number of aryl methyl sites for hydroxylation is 1. The molecule has 7 heteroatoms. The number of likely N-dealkylation sites (tertiary alicyclic amines) is 1. The Morgan fingerprint density at radius 1 is 1.07 bits per heavy atom. The molecule has 1 aromatic heterocycles. The molecule has 0 unspecified atom stereocenters. The minimum absolute atomic E-state index is 0.0215. The predicted octanol–water partition coefficient (Wildman–Crippen LogP) is 3.62. The highest BCUT2D eigenvalue weighted by atomic mass is 32.2. The van der Waals surface area contributed by atoms with Gasteiger partial charge >= 0.3 is 0 Å². The Morgan fingerprint density at radius 2 is 1.76 bits per heavy atom. The predicted molar refractivity (Wildman–Crippen MR) is 110 cm³/mol. The van der Waals surface area contributed by atoms with Crippen LogP contribution in [0.3, 0.4) is 0 Å². The number of carbonyl (C=O) groups excluding carboxylic acids is 1. The van der Waals surface area contributed by atoms with E-state index in [1.807, 2.05) is 13.0 Å². The first kappa shape index (κ1) is 19.4. The van der Waals surface area contributed by atoms with Gasteiger partial charge in [0.05, 0.1) is 28.0 Å². The summed E-state index contributed by atoms with van der Waals surface area (Å²) in [6, 6.07) is 11.6. The maximum Gasteiger partial charge on any atom is 0.256 e. The van der Waals surface area contributed by atoms with Gasteiger partial charge in [0.25, 0.3) is 5.91 Å². The number of ether oxygens (including phenoxy) is 1. The van der Waals surface area contributed by atoms with Crippen molar-refractivity contribution in [3.63, 3.8) is 0 Å². The second-order valence-electron chi connectivity index (χ2n) is 7.20. The molecule has 0 saturated carbocycles. The van der Waals surface area contributed by atoms with Gasteiger partial charge in [-0.05, 0) is 56.2 Å². The highest BCUT2D eigenvalue weighted by Crippen LogP contribution is 2.33. The Labute approximate surface area is 170 Å². The third-order valence-corrected chi connectivity index (χ3v) is 7.11. The molecule has 0 radical (unpaired) electrons. The molecule has 1 aliphatic rings. The number of rotatable bonds is 4. The summed E-state index contributed by atoms with van der Waals surface area (Å²) in [7, 11) is -2.43. The van der Waals surface area contributed by atoms with Crippen molar-refractivity contribution >= 4 is 26.6 Å². The van der Waals surface area contributed by atoms with Crippen LogP contribution in [0, 0.1) is 6.92 Å². The topological polar surface area (TPSA) is 76.6 Å². The average molecular weight is 410 g/mol. The summed E-state index contributed by atoms with van der Waals surface area (Å²) in [6.45, 7) is 3.15. The van der Waals surface area contributed by atoms with E-state index in [1.165, 1.54) is 25.4 Å². The zero-order chi connectivity index (χ0) is 20.6. The fourth-order valence-corrected chi connectivity index (χ4v) is 5.30. The number of nitrogens with zero attached hydrogens (tertiary/aromatic N) is 2. The van der Waals surface area contributed by atoms with E-state index >= 15 is 0 Å². The number of amides is 1. The first-order chi connectivity index (χ1) is 13.9. The number of hydrogen-bond acceptors (Lipinski definition) is 5. The molecule has 6 nitrogen and oxygen atoms in total. The number of hydrogen-bond donors (Lipinski definition) is 0. The fourth-order valence-electron chi connectivity index (χ4n) is 3.69. The number of sulfone groups is 1. The zero-order valence-corrected chi connectivity index (χ0v) is 17.2. The highest BCUT2D eigenvalue weighted by molar-refractivity contribution is 7.91. The van der Waals surface area contributed by atoms with E-state index in [1.54, 1.807) is 29.2 Å². The van der Waals surface area contributed by atoms with Gasteiger partial charge in [-0.3, -0.25) is 9.78 Å². The van der Waals surface area contributed by atoms with Gasteiger partial charge in [0.15, 0.2) is 0 Å². The summed E-state index contributed by atoms with van der Waals surface area (Å²) in [4.78, 5) is 19.4. The van der Waals surface area contributed by atoms with Crippen molar-refractivity contribution in [2.24, 2.45) is 0 Å². The first-order valence-electron chi connectivity index (χ1n) is 9.49. The maximum atomic E-state index is 13.7. The molecule has 0 bridgehead atoms. The molecular weight excluding hydrogens is 388 g/mol. The summed E-state index contributed by atoms with van der Waals surface area (Å²) in [5, 5.41) is 0.464. The van der Waals surface area contributed by atoms with Gasteiger partial charge in [-0.15, -0.1) is 0 Å². The molecule has 29 heavy (non-hydrogen) atoms. The van der Waals surface area contributed by atoms with Crippen molar-refractivity contribution < 1.29 is 17.9 Å². The fraction of sp³-hybridized carbons (Fsp3) is 0.273. The lowest BCUT2D eigenvalue weighted by Gasteiger charge is -2.19. The van der Waals surface area contributed by atoms with Crippen molar-refractivity contribution in [3.05, 3.63) is 59.8 Å². The third kappa shape index (κ3) is 3.46. The Balaban J connectivity index is 1.97. The van der Waals surface area contributed by atoms with Gasteiger partial charge < -0.3 is 9.64 Å². The van der Waals surface area contributed by atoms with Crippen LogP contribution >= 0.6 is 0 Å². The van der Waals surface area contributed by atoms with Gasteiger partial charge in [0.1, 0.15) is 5.75 Å². The van der Waals surface area contributed by atoms with Gasteiger partial charge in [-0.25, -0.2) is 8.42 Å². The number of benzene rings is 2. The summed E-state index contributed by atoms with van der Waals surface area (Å²) in [5.74, 6) is 0.276. The molecular formula is C22H22N2O4S. The van der Waals surface area contributed by atoms with Gasteiger partial charge in [-0.2, -0.15) is 0 Å². The third-order valence-electron chi connectivity index (χ3n) is 5.24. The smallest absolute Gasteiger partial charge is 0.256 e. The van der Waals surface area contributed by atoms with Crippen LogP contribution in [0.25, 0.3) is 10.9 Å². The Hall–Kier alpha value is -2.93. The summed E-state index contributed by atoms with van der Waals surface area (Å²) in [5.41, 5.74) is 1.57. The Morgan fingerprint density at radius 3 is 2.41 bits per heavy atom. The van der Waals surface area contributed by atoms with E-state index in [9.17, 15) is 13.2 Å². The van der Waals surface area contributed by atoms with Crippen molar-refractivity contribution in [1.29, 1.82) is 0 Å². The zero-order valence-electron chi connectivity index (χ0n) is 16.4. The van der Waals surface area contributed by atoms with Crippen LogP contribution in [-0.4, -0.2) is 44.4 Å². The van der Waals surface area contributed by atoms with Crippen LogP contribution in [0.15, 0.2) is 58.5 Å². The van der Waals surface area contributed by atoms with Crippen LogP contribution in [0.4, 0.5) is 0 Å². The molecule has 3 aromatic rings. The lowest BCUT2D eigenvalue weighted by Crippen LogP contribution is -2.29. The molecule has 2 aromatic carbocycles. The summed E-state index contributed by atoms with van der Waals surface area (Å²) in [6.07, 6.45) is 3.24. The van der Waals surface area contributed by atoms with Crippen LogP contribution in [0.5, 0.6) is 5.75 Å². The summed E-state index contributed by atoms with van der Waals surface area (Å²) < 4.78 is 32.5. The average Bonchev–Trinajstić information content (AvgIpc) is 3.27. The van der Waals surface area contributed by atoms with Crippen LogP contribution < -0.4 is 4.74 Å². The number of aromatic nitrogens is 1. The quantitative estimate of drug-likeness (QED) is 0.657.